The van der Waals surface area contributed by atoms with E-state index < -0.39 is 0 Å². The lowest BCUT2D eigenvalue weighted by molar-refractivity contribution is -0.109. The number of carbonyl (C=O) groups is 1. The predicted molar refractivity (Wildman–Crippen MR) is 117 cm³/mol. The lowest BCUT2D eigenvalue weighted by Gasteiger charge is -2.14. The highest BCUT2D eigenvalue weighted by atomic mass is 32.2. The molecule has 0 rings (SSSR count). The van der Waals surface area contributed by atoms with Gasteiger partial charge < -0.3 is 0 Å². The summed E-state index contributed by atoms with van der Waals surface area (Å²) in [6.45, 7) is 6.29. The summed E-state index contributed by atoms with van der Waals surface area (Å²) in [6, 6.07) is 0. The summed E-state index contributed by atoms with van der Waals surface area (Å²) < 4.78 is 0. The molecular weight excluding hydrogens is 324 g/mol. The maximum atomic E-state index is 11.5. The van der Waals surface area contributed by atoms with Crippen LogP contribution in [0.25, 0.3) is 0 Å². The standard InChI is InChI=1S/C23H46OS/c1-4-6-8-10-12-14-16-18-20-23(25-22(3)24)21-19-17-15-13-11-9-7-5-2/h23H,4-21H2,1-3H3. The Hall–Kier alpha value is 0.0200. The summed E-state index contributed by atoms with van der Waals surface area (Å²) >= 11 is 1.61. The van der Waals surface area contributed by atoms with Crippen molar-refractivity contribution in [2.24, 2.45) is 0 Å². The van der Waals surface area contributed by atoms with Crippen molar-refractivity contribution in [3.63, 3.8) is 0 Å². The van der Waals surface area contributed by atoms with Crippen LogP contribution >= 0.6 is 11.8 Å². The minimum atomic E-state index is 0.309. The first-order chi connectivity index (χ1) is 12.2. The van der Waals surface area contributed by atoms with E-state index in [1.807, 2.05) is 0 Å². The van der Waals surface area contributed by atoms with E-state index in [1.54, 1.807) is 18.7 Å². The quantitative estimate of drug-likeness (QED) is 0.211. The molecule has 0 aromatic rings. The van der Waals surface area contributed by atoms with Crippen molar-refractivity contribution in [3.8, 4) is 0 Å². The van der Waals surface area contributed by atoms with Gasteiger partial charge in [0.25, 0.3) is 0 Å². The maximum absolute atomic E-state index is 11.5. The van der Waals surface area contributed by atoms with Gasteiger partial charge >= 0.3 is 0 Å². The molecule has 0 aromatic heterocycles. The van der Waals surface area contributed by atoms with Crippen LogP contribution in [0.4, 0.5) is 0 Å². The fraction of sp³-hybridized carbons (Fsp3) is 0.957. The lowest BCUT2D eigenvalue weighted by atomic mass is 10.0. The second-order valence-electron chi connectivity index (χ2n) is 7.76. The molecule has 0 unspecified atom stereocenters. The molecule has 0 radical (unpaired) electrons. The molecule has 0 heterocycles. The normalized spacial score (nSPS) is 11.4. The summed E-state index contributed by atoms with van der Waals surface area (Å²) in [5, 5.41) is 0.891. The molecule has 2 heteroatoms. The highest BCUT2D eigenvalue weighted by molar-refractivity contribution is 8.14. The van der Waals surface area contributed by atoms with Gasteiger partial charge in [0.15, 0.2) is 5.12 Å². The molecule has 150 valence electrons. The minimum absolute atomic E-state index is 0.309. The number of thioether (sulfide) groups is 1. The van der Waals surface area contributed by atoms with E-state index in [0.29, 0.717) is 10.4 Å². The van der Waals surface area contributed by atoms with Crippen molar-refractivity contribution >= 4 is 16.9 Å². The van der Waals surface area contributed by atoms with Crippen LogP contribution in [0.2, 0.25) is 0 Å². The van der Waals surface area contributed by atoms with Gasteiger partial charge in [-0.2, -0.15) is 0 Å². The average Bonchev–Trinajstić information content (AvgIpc) is 2.58. The van der Waals surface area contributed by atoms with Gasteiger partial charge in [-0.05, 0) is 12.8 Å². The summed E-state index contributed by atoms with van der Waals surface area (Å²) in [6.07, 6.45) is 24.6. The van der Waals surface area contributed by atoms with Crippen LogP contribution in [0.5, 0.6) is 0 Å². The first-order valence-corrected chi connectivity index (χ1v) is 12.3. The molecule has 0 atom stereocenters. The average molecular weight is 371 g/mol. The van der Waals surface area contributed by atoms with Crippen molar-refractivity contribution in [1.82, 2.24) is 0 Å². The summed E-state index contributed by atoms with van der Waals surface area (Å²) in [4.78, 5) is 11.5. The SMILES string of the molecule is CCCCCCCCCCC(CCCCCCCCCC)SC(C)=O. The first kappa shape index (κ1) is 25.0. The molecule has 0 fully saturated rings. The monoisotopic (exact) mass is 370 g/mol. The van der Waals surface area contributed by atoms with Crippen molar-refractivity contribution < 1.29 is 4.79 Å². The molecule has 0 aromatic carbocycles. The summed E-state index contributed by atoms with van der Waals surface area (Å²) in [5.41, 5.74) is 0. The van der Waals surface area contributed by atoms with Crippen molar-refractivity contribution in [2.75, 3.05) is 0 Å². The minimum Gasteiger partial charge on any atom is -0.288 e. The molecule has 0 bridgehead atoms. The molecule has 25 heavy (non-hydrogen) atoms. The van der Waals surface area contributed by atoms with E-state index in [1.165, 1.54) is 116 Å². The Morgan fingerprint density at radius 1 is 0.600 bits per heavy atom. The van der Waals surface area contributed by atoms with Gasteiger partial charge in [0.05, 0.1) is 0 Å². The van der Waals surface area contributed by atoms with Gasteiger partial charge in [0, 0.05) is 12.2 Å². The number of hydrogen-bond donors (Lipinski definition) is 0. The molecule has 0 spiro atoms. The van der Waals surface area contributed by atoms with Crippen molar-refractivity contribution in [2.45, 2.75) is 142 Å². The van der Waals surface area contributed by atoms with E-state index in [4.69, 9.17) is 0 Å². The van der Waals surface area contributed by atoms with E-state index in [2.05, 4.69) is 13.8 Å². The maximum Gasteiger partial charge on any atom is 0.186 e. The summed E-state index contributed by atoms with van der Waals surface area (Å²) in [7, 11) is 0. The summed E-state index contributed by atoms with van der Waals surface area (Å²) in [5.74, 6) is 0. The number of hydrogen-bond acceptors (Lipinski definition) is 2. The van der Waals surface area contributed by atoms with Crippen LogP contribution in [0, 0.1) is 0 Å². The molecule has 0 aliphatic heterocycles. The third-order valence-corrected chi connectivity index (χ3v) is 6.23. The topological polar surface area (TPSA) is 17.1 Å². The Labute approximate surface area is 163 Å². The number of carbonyl (C=O) groups excluding carboxylic acids is 1. The van der Waals surface area contributed by atoms with Gasteiger partial charge in [0.1, 0.15) is 0 Å². The van der Waals surface area contributed by atoms with E-state index in [0.717, 1.165) is 0 Å². The van der Waals surface area contributed by atoms with Gasteiger partial charge in [-0.3, -0.25) is 4.79 Å². The Morgan fingerprint density at radius 2 is 0.920 bits per heavy atom. The van der Waals surface area contributed by atoms with Crippen molar-refractivity contribution in [1.29, 1.82) is 0 Å². The fourth-order valence-electron chi connectivity index (χ4n) is 3.51. The molecule has 0 saturated heterocycles. The second-order valence-corrected chi connectivity index (χ2v) is 9.24. The van der Waals surface area contributed by atoms with E-state index in [-0.39, 0.29) is 0 Å². The first-order valence-electron chi connectivity index (χ1n) is 11.4. The van der Waals surface area contributed by atoms with E-state index in [9.17, 15) is 4.79 Å². The van der Waals surface area contributed by atoms with Gasteiger partial charge in [0.2, 0.25) is 0 Å². The van der Waals surface area contributed by atoms with Crippen LogP contribution in [0.15, 0.2) is 0 Å². The Morgan fingerprint density at radius 3 is 1.24 bits per heavy atom. The van der Waals surface area contributed by atoms with E-state index >= 15 is 0 Å². The van der Waals surface area contributed by atoms with Gasteiger partial charge in [-0.1, -0.05) is 128 Å². The Balaban J connectivity index is 3.60. The Bertz CT molecular complexity index is 257. The third-order valence-electron chi connectivity index (χ3n) is 5.09. The molecule has 0 amide bonds. The molecular formula is C23H46OS. The predicted octanol–water partition coefficient (Wildman–Crippen LogP) is 8.70. The zero-order valence-electron chi connectivity index (χ0n) is 17.6. The second kappa shape index (κ2) is 20.3. The molecule has 0 saturated carbocycles. The Kier molecular flexibility index (Phi) is 20.3. The van der Waals surface area contributed by atoms with Gasteiger partial charge in [-0.25, -0.2) is 0 Å². The van der Waals surface area contributed by atoms with Crippen LogP contribution < -0.4 is 0 Å². The number of rotatable bonds is 19. The number of unbranched alkanes of at least 4 members (excludes halogenated alkanes) is 14. The lowest BCUT2D eigenvalue weighted by Crippen LogP contribution is -2.05. The molecule has 0 aliphatic rings. The smallest absolute Gasteiger partial charge is 0.186 e. The molecule has 0 N–H and O–H groups in total. The van der Waals surface area contributed by atoms with Gasteiger partial charge in [-0.15, -0.1) is 0 Å². The highest BCUT2D eigenvalue weighted by Crippen LogP contribution is 2.25. The van der Waals surface area contributed by atoms with Crippen molar-refractivity contribution in [3.05, 3.63) is 0 Å². The zero-order valence-corrected chi connectivity index (χ0v) is 18.4. The highest BCUT2D eigenvalue weighted by Gasteiger charge is 2.11. The molecule has 0 aliphatic carbocycles. The van der Waals surface area contributed by atoms with Crippen LogP contribution in [0.1, 0.15) is 136 Å². The van der Waals surface area contributed by atoms with Crippen LogP contribution in [-0.2, 0) is 4.79 Å². The molecule has 1 nitrogen and oxygen atoms in total. The fourth-order valence-corrected chi connectivity index (χ4v) is 4.55. The largest absolute Gasteiger partial charge is 0.288 e. The van der Waals surface area contributed by atoms with Crippen LogP contribution in [-0.4, -0.2) is 10.4 Å². The third kappa shape index (κ3) is 20.2. The zero-order chi connectivity index (χ0) is 18.6. The van der Waals surface area contributed by atoms with Crippen LogP contribution in [0.3, 0.4) is 0 Å².